The molecule has 18 heavy (non-hydrogen) atoms. The molecule has 0 N–H and O–H groups in total. The molecular formula is C12H17ClN4S. The van der Waals surface area contributed by atoms with Crippen molar-refractivity contribution in [1.82, 2.24) is 20.0 Å². The first kappa shape index (κ1) is 13.5. The summed E-state index contributed by atoms with van der Waals surface area (Å²) < 4.78 is 1.79. The van der Waals surface area contributed by atoms with E-state index in [1.54, 1.807) is 16.0 Å². The van der Waals surface area contributed by atoms with Gasteiger partial charge in [0.05, 0.1) is 28.8 Å². The number of rotatable bonds is 5. The lowest BCUT2D eigenvalue weighted by molar-refractivity contribution is 0.637. The van der Waals surface area contributed by atoms with Gasteiger partial charge < -0.3 is 0 Å². The Morgan fingerprint density at radius 1 is 1.44 bits per heavy atom. The highest BCUT2D eigenvalue weighted by Crippen LogP contribution is 2.22. The molecule has 2 aromatic heterocycles. The Bertz CT molecular complexity index is 506. The second-order valence-corrected chi connectivity index (χ2v) is 5.97. The summed E-state index contributed by atoms with van der Waals surface area (Å²) in [5, 5.41) is 11.3. The van der Waals surface area contributed by atoms with E-state index in [4.69, 9.17) is 11.6 Å². The van der Waals surface area contributed by atoms with Crippen LogP contribution >= 0.6 is 22.9 Å². The third kappa shape index (κ3) is 3.09. The van der Waals surface area contributed by atoms with Crippen molar-refractivity contribution in [1.29, 1.82) is 0 Å². The Balaban J connectivity index is 2.06. The first-order chi connectivity index (χ1) is 8.60. The van der Waals surface area contributed by atoms with Gasteiger partial charge in [-0.2, -0.15) is 0 Å². The van der Waals surface area contributed by atoms with Crippen molar-refractivity contribution in [3.63, 3.8) is 0 Å². The van der Waals surface area contributed by atoms with Crippen LogP contribution in [0, 0.1) is 0 Å². The van der Waals surface area contributed by atoms with E-state index >= 15 is 0 Å². The molecule has 0 radical (unpaired) electrons. The van der Waals surface area contributed by atoms with E-state index in [1.165, 1.54) is 0 Å². The minimum atomic E-state index is -0.0552. The van der Waals surface area contributed by atoms with Gasteiger partial charge in [0.1, 0.15) is 5.69 Å². The Hall–Kier alpha value is -0.940. The highest BCUT2D eigenvalue weighted by atomic mass is 35.5. The maximum absolute atomic E-state index is 6.12. The van der Waals surface area contributed by atoms with Crippen LogP contribution in [0.2, 0.25) is 0 Å². The van der Waals surface area contributed by atoms with Crippen LogP contribution in [-0.4, -0.2) is 20.0 Å². The van der Waals surface area contributed by atoms with E-state index in [-0.39, 0.29) is 5.38 Å². The van der Waals surface area contributed by atoms with Crippen LogP contribution in [0.15, 0.2) is 11.6 Å². The molecule has 0 saturated heterocycles. The average molecular weight is 285 g/mol. The summed E-state index contributed by atoms with van der Waals surface area (Å²) in [7, 11) is 0. The van der Waals surface area contributed by atoms with E-state index in [1.807, 2.05) is 13.1 Å². The van der Waals surface area contributed by atoms with Gasteiger partial charge in [0, 0.05) is 11.3 Å². The largest absolute Gasteiger partial charge is 0.246 e. The highest BCUT2D eigenvalue weighted by molar-refractivity contribution is 7.09. The minimum absolute atomic E-state index is 0.0552. The van der Waals surface area contributed by atoms with Gasteiger partial charge in [-0.3, -0.25) is 0 Å². The lowest BCUT2D eigenvalue weighted by Gasteiger charge is -1.99. The molecule has 0 saturated carbocycles. The number of hydrogen-bond donors (Lipinski definition) is 0. The third-order valence-electron chi connectivity index (χ3n) is 2.62. The molecule has 1 unspecified atom stereocenters. The van der Waals surface area contributed by atoms with E-state index in [0.29, 0.717) is 12.5 Å². The van der Waals surface area contributed by atoms with E-state index < -0.39 is 0 Å². The number of aromatic nitrogens is 4. The second-order valence-electron chi connectivity index (χ2n) is 4.55. The quantitative estimate of drug-likeness (QED) is 0.788. The van der Waals surface area contributed by atoms with Gasteiger partial charge in [0.25, 0.3) is 0 Å². The van der Waals surface area contributed by atoms with Crippen LogP contribution in [0.1, 0.15) is 54.9 Å². The zero-order valence-electron chi connectivity index (χ0n) is 10.8. The Kier molecular flexibility index (Phi) is 4.35. The summed E-state index contributed by atoms with van der Waals surface area (Å²) in [6.45, 7) is 6.99. The highest BCUT2D eigenvalue weighted by Gasteiger charge is 2.11. The van der Waals surface area contributed by atoms with Crippen LogP contribution in [0.5, 0.6) is 0 Å². The summed E-state index contributed by atoms with van der Waals surface area (Å²) in [6.07, 6.45) is 2.75. The van der Waals surface area contributed by atoms with Gasteiger partial charge in [-0.1, -0.05) is 26.0 Å². The number of nitrogens with zero attached hydrogens (tertiary/aromatic N) is 4. The van der Waals surface area contributed by atoms with Gasteiger partial charge in [-0.15, -0.1) is 28.0 Å². The molecule has 0 aliphatic heterocycles. The van der Waals surface area contributed by atoms with Gasteiger partial charge in [0.2, 0.25) is 0 Å². The average Bonchev–Trinajstić information content (AvgIpc) is 2.98. The van der Waals surface area contributed by atoms with E-state index in [0.717, 1.165) is 22.8 Å². The van der Waals surface area contributed by atoms with Crippen molar-refractivity contribution >= 4 is 22.9 Å². The number of hydrogen-bond acceptors (Lipinski definition) is 4. The topological polar surface area (TPSA) is 43.6 Å². The maximum atomic E-state index is 6.12. The second kappa shape index (κ2) is 5.80. The number of halogens is 1. The molecule has 0 aliphatic rings. The zero-order chi connectivity index (χ0) is 13.1. The summed E-state index contributed by atoms with van der Waals surface area (Å²) in [5.41, 5.74) is 1.86. The molecule has 1 atom stereocenters. The smallest absolute Gasteiger partial charge is 0.101 e. The van der Waals surface area contributed by atoms with E-state index in [2.05, 4.69) is 34.5 Å². The molecule has 2 aromatic rings. The Labute approximate surface area is 116 Å². The fourth-order valence-corrected chi connectivity index (χ4v) is 2.50. The molecule has 0 spiro atoms. The molecule has 0 aromatic carbocycles. The van der Waals surface area contributed by atoms with E-state index in [9.17, 15) is 0 Å². The van der Waals surface area contributed by atoms with Crippen molar-refractivity contribution < 1.29 is 0 Å². The molecule has 0 fully saturated rings. The molecule has 2 heterocycles. The molecule has 6 heteroatoms. The monoisotopic (exact) mass is 284 g/mol. The predicted molar refractivity (Wildman–Crippen MR) is 74.2 cm³/mol. The first-order valence-electron chi connectivity index (χ1n) is 6.08. The molecule has 4 nitrogen and oxygen atoms in total. The number of thiazole rings is 1. The lowest BCUT2D eigenvalue weighted by atomic mass is 10.2. The van der Waals surface area contributed by atoms with Gasteiger partial charge >= 0.3 is 0 Å². The zero-order valence-corrected chi connectivity index (χ0v) is 12.4. The van der Waals surface area contributed by atoms with Crippen molar-refractivity contribution in [3.8, 4) is 0 Å². The summed E-state index contributed by atoms with van der Waals surface area (Å²) in [5.74, 6) is 0.474. The van der Waals surface area contributed by atoms with Crippen LogP contribution in [-0.2, 0) is 6.54 Å². The predicted octanol–water partition coefficient (Wildman–Crippen LogP) is 3.60. The van der Waals surface area contributed by atoms with Gasteiger partial charge in [0.15, 0.2) is 0 Å². The molecule has 98 valence electrons. The van der Waals surface area contributed by atoms with Crippen LogP contribution in [0.25, 0.3) is 0 Å². The summed E-state index contributed by atoms with van der Waals surface area (Å²) in [4.78, 5) is 4.58. The summed E-state index contributed by atoms with van der Waals surface area (Å²) >= 11 is 7.82. The Morgan fingerprint density at radius 2 is 2.22 bits per heavy atom. The standard InChI is InChI=1S/C12H17ClN4S/c1-4-10(13)11-6-17(16-15-11)5-9-7-18-12(14-9)8(2)3/h6-8,10H,4-5H2,1-3H3. The van der Waals surface area contributed by atoms with Crippen molar-refractivity contribution in [2.45, 2.75) is 45.0 Å². The number of alkyl halides is 1. The van der Waals surface area contributed by atoms with Crippen molar-refractivity contribution in [3.05, 3.63) is 28.0 Å². The van der Waals surface area contributed by atoms with Crippen LogP contribution in [0.3, 0.4) is 0 Å². The van der Waals surface area contributed by atoms with Gasteiger partial charge in [-0.25, -0.2) is 9.67 Å². The normalized spacial score (nSPS) is 13.2. The SMILES string of the molecule is CCC(Cl)c1cn(Cc2csc(C(C)C)n2)nn1. The Morgan fingerprint density at radius 3 is 2.83 bits per heavy atom. The minimum Gasteiger partial charge on any atom is -0.246 e. The van der Waals surface area contributed by atoms with Crippen LogP contribution < -0.4 is 0 Å². The molecule has 2 rings (SSSR count). The molecule has 0 aliphatic carbocycles. The fraction of sp³-hybridized carbons (Fsp3) is 0.583. The van der Waals surface area contributed by atoms with Gasteiger partial charge in [-0.05, 0) is 6.42 Å². The maximum Gasteiger partial charge on any atom is 0.101 e. The van der Waals surface area contributed by atoms with Crippen LogP contribution in [0.4, 0.5) is 0 Å². The van der Waals surface area contributed by atoms with Crippen molar-refractivity contribution in [2.75, 3.05) is 0 Å². The first-order valence-corrected chi connectivity index (χ1v) is 7.40. The molecule has 0 bridgehead atoms. The molecule has 0 amide bonds. The fourth-order valence-electron chi connectivity index (χ4n) is 1.57. The lowest BCUT2D eigenvalue weighted by Crippen LogP contribution is -2.01. The van der Waals surface area contributed by atoms with Crippen molar-refractivity contribution in [2.24, 2.45) is 0 Å². The summed E-state index contributed by atoms with van der Waals surface area (Å²) in [6, 6.07) is 0. The third-order valence-corrected chi connectivity index (χ3v) is 4.35. The molecular weight excluding hydrogens is 268 g/mol.